The molecule has 0 saturated carbocycles. The van der Waals surface area contributed by atoms with Gasteiger partial charge in [0.25, 0.3) is 10.0 Å². The molecule has 6 nitrogen and oxygen atoms in total. The van der Waals surface area contributed by atoms with Crippen LogP contribution in [0.25, 0.3) is 0 Å². The predicted molar refractivity (Wildman–Crippen MR) is 118 cm³/mol. The van der Waals surface area contributed by atoms with Gasteiger partial charge in [-0.3, -0.25) is 4.72 Å². The van der Waals surface area contributed by atoms with E-state index in [2.05, 4.69) is 4.72 Å². The van der Waals surface area contributed by atoms with Crippen LogP contribution in [0.15, 0.2) is 58.1 Å². The van der Waals surface area contributed by atoms with Crippen molar-refractivity contribution < 1.29 is 23.1 Å². The average molecular weight is 446 g/mol. The summed E-state index contributed by atoms with van der Waals surface area (Å²) in [5.74, 6) is -0.499. The zero-order valence-electron chi connectivity index (χ0n) is 16.9. The number of benzene rings is 2. The molecule has 0 bridgehead atoms. The smallest absolute Gasteiger partial charge is 0.335 e. The maximum Gasteiger partial charge on any atom is 0.335 e. The maximum absolute atomic E-state index is 13.0. The Kier molecular flexibility index (Phi) is 6.48. The molecule has 158 valence electrons. The lowest BCUT2D eigenvalue weighted by Gasteiger charge is -2.15. The number of aromatic carboxylic acids is 1. The van der Waals surface area contributed by atoms with Crippen molar-refractivity contribution in [2.75, 3.05) is 4.72 Å². The molecule has 0 radical (unpaired) electrons. The highest BCUT2D eigenvalue weighted by Gasteiger charge is 2.23. The molecule has 3 aromatic rings. The average Bonchev–Trinajstić information content (AvgIpc) is 3.20. The highest BCUT2D eigenvalue weighted by Crippen LogP contribution is 2.33. The van der Waals surface area contributed by atoms with Crippen LogP contribution >= 0.6 is 11.3 Å². The number of hydrogen-bond donors (Lipinski definition) is 2. The minimum Gasteiger partial charge on any atom is -0.487 e. The topological polar surface area (TPSA) is 92.7 Å². The quantitative estimate of drug-likeness (QED) is 0.493. The van der Waals surface area contributed by atoms with Crippen LogP contribution in [0.1, 0.15) is 46.8 Å². The van der Waals surface area contributed by atoms with Crippen molar-refractivity contribution in [3.63, 3.8) is 0 Å². The largest absolute Gasteiger partial charge is 0.487 e. The van der Waals surface area contributed by atoms with Gasteiger partial charge in [-0.05, 0) is 65.2 Å². The van der Waals surface area contributed by atoms with Crippen molar-refractivity contribution in [2.45, 2.75) is 37.5 Å². The van der Waals surface area contributed by atoms with Crippen LogP contribution in [-0.4, -0.2) is 19.5 Å². The van der Waals surface area contributed by atoms with Crippen LogP contribution in [-0.2, 0) is 16.6 Å². The van der Waals surface area contributed by atoms with Crippen LogP contribution in [0.5, 0.6) is 5.75 Å². The second kappa shape index (κ2) is 8.89. The summed E-state index contributed by atoms with van der Waals surface area (Å²) in [6.45, 7) is 5.98. The molecular weight excluding hydrogens is 422 g/mol. The molecule has 0 saturated heterocycles. The molecule has 0 fully saturated rings. The summed E-state index contributed by atoms with van der Waals surface area (Å²) < 4.78 is 34.8. The predicted octanol–water partition coefficient (Wildman–Crippen LogP) is 5.26. The number of carboxylic acid groups (broad SMARTS) is 1. The fourth-order valence-corrected chi connectivity index (χ4v) is 5.62. The number of carboxylic acids is 1. The van der Waals surface area contributed by atoms with Crippen molar-refractivity contribution in [3.8, 4) is 5.75 Å². The van der Waals surface area contributed by atoms with E-state index in [4.69, 9.17) is 9.84 Å². The number of ether oxygens (including phenoxy) is 1. The van der Waals surface area contributed by atoms with E-state index in [1.165, 1.54) is 23.5 Å². The molecule has 0 amide bonds. The van der Waals surface area contributed by atoms with Crippen molar-refractivity contribution in [2.24, 2.45) is 0 Å². The molecule has 8 heteroatoms. The Hall–Kier alpha value is -2.84. The lowest BCUT2D eigenvalue weighted by molar-refractivity contribution is 0.0697. The van der Waals surface area contributed by atoms with Gasteiger partial charge < -0.3 is 9.84 Å². The van der Waals surface area contributed by atoms with E-state index in [0.717, 1.165) is 16.7 Å². The van der Waals surface area contributed by atoms with E-state index < -0.39 is 16.0 Å². The summed E-state index contributed by atoms with van der Waals surface area (Å²) in [4.78, 5) is 11.0. The molecule has 1 heterocycles. The minimum absolute atomic E-state index is 0.0883. The normalized spacial score (nSPS) is 11.5. The molecule has 3 rings (SSSR count). The Labute approximate surface area is 180 Å². The summed E-state index contributed by atoms with van der Waals surface area (Å²) in [6.07, 6.45) is 0. The van der Waals surface area contributed by atoms with Crippen molar-refractivity contribution in [1.29, 1.82) is 0 Å². The van der Waals surface area contributed by atoms with Crippen LogP contribution < -0.4 is 9.46 Å². The Morgan fingerprint density at radius 2 is 1.83 bits per heavy atom. The van der Waals surface area contributed by atoms with Crippen LogP contribution in [0.4, 0.5) is 5.69 Å². The molecule has 0 aliphatic rings. The van der Waals surface area contributed by atoms with Crippen molar-refractivity contribution >= 4 is 33.0 Å². The first-order chi connectivity index (χ1) is 14.2. The van der Waals surface area contributed by atoms with E-state index in [0.29, 0.717) is 15.6 Å². The second-order valence-electron chi connectivity index (χ2n) is 7.21. The van der Waals surface area contributed by atoms with E-state index in [9.17, 15) is 13.2 Å². The third-order valence-electron chi connectivity index (χ3n) is 4.50. The molecular formula is C22H23NO5S2. The zero-order chi connectivity index (χ0) is 21.9. The minimum atomic E-state index is -3.76. The number of nitrogens with one attached hydrogen (secondary N) is 1. The van der Waals surface area contributed by atoms with Crippen molar-refractivity contribution in [1.82, 2.24) is 0 Å². The Morgan fingerprint density at radius 3 is 2.47 bits per heavy atom. The van der Waals surface area contributed by atoms with E-state index >= 15 is 0 Å². The van der Waals surface area contributed by atoms with Gasteiger partial charge in [-0.25, -0.2) is 13.2 Å². The lowest BCUT2D eigenvalue weighted by atomic mass is 10.1. The van der Waals surface area contributed by atoms with Gasteiger partial charge in [-0.1, -0.05) is 32.0 Å². The standard InChI is InChI=1S/C22H23NO5S2/c1-14(2)18-10-11-29-22(18)30(26,27)23-19-9-4-15(3)12-20(19)28-13-16-5-7-17(8-6-16)21(24)25/h4-12,14,23H,13H2,1-3H3,(H,24,25). The van der Waals surface area contributed by atoms with Crippen LogP contribution in [0, 0.1) is 6.92 Å². The summed E-state index contributed by atoms with van der Waals surface area (Å²) in [7, 11) is -3.76. The number of sulfonamides is 1. The molecule has 30 heavy (non-hydrogen) atoms. The summed E-state index contributed by atoms with van der Waals surface area (Å²) in [5.41, 5.74) is 3.02. The third-order valence-corrected chi connectivity index (χ3v) is 7.38. The first kappa shape index (κ1) is 21.9. The molecule has 0 atom stereocenters. The van der Waals surface area contributed by atoms with E-state index in [1.54, 1.807) is 29.6 Å². The van der Waals surface area contributed by atoms with Gasteiger partial charge in [0.1, 0.15) is 16.6 Å². The van der Waals surface area contributed by atoms with Crippen molar-refractivity contribution in [3.05, 3.63) is 76.2 Å². The van der Waals surface area contributed by atoms with Gasteiger partial charge in [-0.15, -0.1) is 11.3 Å². The fourth-order valence-electron chi connectivity index (χ4n) is 2.88. The van der Waals surface area contributed by atoms with E-state index in [-0.39, 0.29) is 18.1 Å². The Bertz CT molecular complexity index is 1150. The summed E-state index contributed by atoms with van der Waals surface area (Å²) in [6, 6.07) is 13.4. The first-order valence-electron chi connectivity index (χ1n) is 9.33. The van der Waals surface area contributed by atoms with Gasteiger partial charge >= 0.3 is 5.97 Å². The van der Waals surface area contributed by atoms with Crippen LogP contribution in [0.3, 0.4) is 0 Å². The zero-order valence-corrected chi connectivity index (χ0v) is 18.5. The van der Waals surface area contributed by atoms with Gasteiger partial charge in [0.05, 0.1) is 11.3 Å². The van der Waals surface area contributed by atoms with Gasteiger partial charge in [0, 0.05) is 0 Å². The van der Waals surface area contributed by atoms with Gasteiger partial charge in [0.2, 0.25) is 0 Å². The fraction of sp³-hybridized carbons (Fsp3) is 0.227. The maximum atomic E-state index is 13.0. The SMILES string of the molecule is Cc1ccc(NS(=O)(=O)c2sccc2C(C)C)c(OCc2ccc(C(=O)O)cc2)c1. The summed E-state index contributed by atoms with van der Waals surface area (Å²) in [5, 5.41) is 10.8. The molecule has 0 aliphatic carbocycles. The molecule has 0 unspecified atom stereocenters. The first-order valence-corrected chi connectivity index (χ1v) is 11.7. The number of anilines is 1. The second-order valence-corrected chi connectivity index (χ2v) is 10.0. The summed E-state index contributed by atoms with van der Waals surface area (Å²) >= 11 is 1.19. The molecule has 2 N–H and O–H groups in total. The molecule has 0 spiro atoms. The number of rotatable bonds is 8. The number of hydrogen-bond acceptors (Lipinski definition) is 5. The van der Waals surface area contributed by atoms with Crippen LogP contribution in [0.2, 0.25) is 0 Å². The number of aryl methyl sites for hydroxylation is 1. The highest BCUT2D eigenvalue weighted by molar-refractivity contribution is 7.94. The Morgan fingerprint density at radius 1 is 1.13 bits per heavy atom. The van der Waals surface area contributed by atoms with Gasteiger partial charge in [-0.2, -0.15) is 0 Å². The number of carbonyl (C=O) groups is 1. The highest BCUT2D eigenvalue weighted by atomic mass is 32.2. The number of thiophene rings is 1. The lowest BCUT2D eigenvalue weighted by Crippen LogP contribution is -2.14. The molecule has 1 aromatic heterocycles. The monoisotopic (exact) mass is 445 g/mol. The molecule has 0 aliphatic heterocycles. The molecule has 2 aromatic carbocycles. The third kappa shape index (κ3) is 5.01. The van der Waals surface area contributed by atoms with E-state index in [1.807, 2.05) is 32.9 Å². The van der Waals surface area contributed by atoms with Gasteiger partial charge in [0.15, 0.2) is 0 Å². The Balaban J connectivity index is 1.83.